The van der Waals surface area contributed by atoms with Crippen LogP contribution in [-0.4, -0.2) is 39.6 Å². The summed E-state index contributed by atoms with van der Waals surface area (Å²) in [6.45, 7) is 5.12. The number of esters is 1. The average molecular weight is 405 g/mol. The number of Topliss-reactive ketones (excluding diaryl/α,β-unsaturated/α-hetero) is 1. The van der Waals surface area contributed by atoms with Crippen molar-refractivity contribution in [3.05, 3.63) is 33.0 Å². The Morgan fingerprint density at radius 3 is 2.44 bits per heavy atom. The number of hydrogen-bond donors (Lipinski definition) is 0. The molecule has 27 heavy (non-hydrogen) atoms. The van der Waals surface area contributed by atoms with Gasteiger partial charge in [-0.25, -0.2) is 15.0 Å². The third-order valence-electron chi connectivity index (χ3n) is 3.87. The number of thioether (sulfide) groups is 1. The number of rotatable bonds is 8. The van der Waals surface area contributed by atoms with E-state index in [1.54, 1.807) is 12.3 Å². The fourth-order valence-corrected chi connectivity index (χ4v) is 3.78. The molecule has 0 spiro atoms. The maximum absolute atomic E-state index is 12.2. The Labute approximate surface area is 166 Å². The summed E-state index contributed by atoms with van der Waals surface area (Å²) >= 11 is 2.71. The van der Waals surface area contributed by atoms with Crippen LogP contribution in [0.1, 0.15) is 40.0 Å². The van der Waals surface area contributed by atoms with E-state index in [4.69, 9.17) is 4.74 Å². The van der Waals surface area contributed by atoms with Crippen molar-refractivity contribution in [3.63, 3.8) is 0 Å². The zero-order valence-electron chi connectivity index (χ0n) is 15.6. The van der Waals surface area contributed by atoms with E-state index in [1.807, 2.05) is 26.2 Å². The molecule has 2 heterocycles. The van der Waals surface area contributed by atoms with Crippen LogP contribution in [0.2, 0.25) is 0 Å². The van der Waals surface area contributed by atoms with Crippen LogP contribution in [0.3, 0.4) is 0 Å². The molecule has 0 radical (unpaired) electrons. The lowest BCUT2D eigenvalue weighted by Crippen LogP contribution is -2.20. The molecule has 2 aromatic rings. The van der Waals surface area contributed by atoms with Crippen LogP contribution in [0, 0.1) is 32.1 Å². The largest absolute Gasteiger partial charge is 0.458 e. The number of ketones is 1. The minimum atomic E-state index is -1.01. The van der Waals surface area contributed by atoms with Crippen LogP contribution >= 0.6 is 23.1 Å². The zero-order chi connectivity index (χ0) is 20.0. The lowest BCUT2D eigenvalue weighted by Gasteiger charge is -2.10. The Kier molecular flexibility index (Phi) is 7.45. The summed E-state index contributed by atoms with van der Waals surface area (Å²) in [7, 11) is 0. The number of nitrogens with zero attached hydrogens (tertiary/aromatic N) is 4. The van der Waals surface area contributed by atoms with Gasteiger partial charge in [0, 0.05) is 28.9 Å². The van der Waals surface area contributed by atoms with Crippen molar-refractivity contribution in [1.82, 2.24) is 15.0 Å². The number of carbonyl (C=O) groups is 2. The highest BCUT2D eigenvalue weighted by atomic mass is 32.2. The number of aromatic nitrogens is 3. The van der Waals surface area contributed by atoms with E-state index < -0.39 is 24.3 Å². The molecule has 0 aliphatic heterocycles. The van der Waals surface area contributed by atoms with Gasteiger partial charge in [-0.2, -0.15) is 5.26 Å². The first-order valence-corrected chi connectivity index (χ1v) is 10.3. The molecule has 0 amide bonds. The van der Waals surface area contributed by atoms with Crippen molar-refractivity contribution in [2.24, 2.45) is 0 Å². The van der Waals surface area contributed by atoms with Crippen LogP contribution in [0.4, 0.5) is 0 Å². The topological polar surface area (TPSA) is 106 Å². The van der Waals surface area contributed by atoms with Crippen LogP contribution in [0.25, 0.3) is 0 Å². The molecule has 0 fully saturated rings. The Morgan fingerprint density at radius 2 is 1.93 bits per heavy atom. The zero-order valence-corrected chi connectivity index (χ0v) is 17.2. The fraction of sp³-hybridized carbons (Fsp3) is 0.444. The normalized spacial score (nSPS) is 11.7. The third kappa shape index (κ3) is 5.58. The predicted molar refractivity (Wildman–Crippen MR) is 103 cm³/mol. The van der Waals surface area contributed by atoms with Crippen molar-refractivity contribution in [1.29, 1.82) is 5.26 Å². The highest BCUT2D eigenvalue weighted by Gasteiger charge is 2.24. The molecule has 0 aliphatic rings. The smallest absolute Gasteiger partial charge is 0.306 e. The van der Waals surface area contributed by atoms with Gasteiger partial charge in [-0.05, 0) is 39.0 Å². The van der Waals surface area contributed by atoms with E-state index in [1.165, 1.54) is 23.1 Å². The molecule has 0 unspecified atom stereocenters. The van der Waals surface area contributed by atoms with Gasteiger partial charge in [0.1, 0.15) is 5.01 Å². The van der Waals surface area contributed by atoms with E-state index in [9.17, 15) is 14.9 Å². The van der Waals surface area contributed by atoms with Gasteiger partial charge >= 0.3 is 5.97 Å². The molecule has 0 saturated heterocycles. The summed E-state index contributed by atoms with van der Waals surface area (Å²) in [6, 6.07) is 1.93. The molecule has 2 rings (SSSR count). The lowest BCUT2D eigenvalue weighted by molar-refractivity contribution is -0.148. The second kappa shape index (κ2) is 9.58. The standard InChI is InChI=1S/C18H20N4O3S2/c1-10-9-27-17(20-10)14(7-19)15(23)8-25-16(24)6-5-13-11(2)21-18(26-4)22-12(13)3/h9,14H,5-6,8H2,1-4H3/t14-/m0/s1. The second-order valence-corrected chi connectivity index (χ2v) is 7.54. The molecule has 7 nitrogen and oxygen atoms in total. The first-order chi connectivity index (χ1) is 12.8. The number of aryl methyl sites for hydroxylation is 3. The van der Waals surface area contributed by atoms with Crippen LogP contribution in [0.5, 0.6) is 0 Å². The molecule has 2 aromatic heterocycles. The fourth-order valence-electron chi connectivity index (χ4n) is 2.47. The van der Waals surface area contributed by atoms with Crippen molar-refractivity contribution in [2.45, 2.75) is 44.7 Å². The SMILES string of the molecule is CSc1nc(C)c(CCC(=O)OCC(=O)[C@H](C#N)c2nc(C)cs2)c(C)n1. The third-order valence-corrected chi connectivity index (χ3v) is 5.45. The first-order valence-electron chi connectivity index (χ1n) is 8.23. The van der Waals surface area contributed by atoms with E-state index in [2.05, 4.69) is 15.0 Å². The molecular weight excluding hydrogens is 384 g/mol. The molecular formula is C18H20N4O3S2. The van der Waals surface area contributed by atoms with Crippen molar-refractivity contribution in [2.75, 3.05) is 12.9 Å². The highest BCUT2D eigenvalue weighted by Crippen LogP contribution is 2.21. The van der Waals surface area contributed by atoms with Gasteiger partial charge in [0.2, 0.25) is 0 Å². The second-order valence-electron chi connectivity index (χ2n) is 5.88. The highest BCUT2D eigenvalue weighted by molar-refractivity contribution is 7.98. The summed E-state index contributed by atoms with van der Waals surface area (Å²) in [5, 5.41) is 12.1. The van der Waals surface area contributed by atoms with Gasteiger partial charge in [-0.15, -0.1) is 11.3 Å². The maximum atomic E-state index is 12.2. The monoisotopic (exact) mass is 404 g/mol. The number of thiazole rings is 1. The Bertz CT molecular complexity index is 866. The number of nitriles is 1. The van der Waals surface area contributed by atoms with Gasteiger partial charge in [-0.3, -0.25) is 9.59 Å². The number of hydrogen-bond acceptors (Lipinski definition) is 9. The molecule has 0 aromatic carbocycles. The molecule has 0 N–H and O–H groups in total. The van der Waals surface area contributed by atoms with Crippen molar-refractivity contribution < 1.29 is 14.3 Å². The Hall–Kier alpha value is -2.31. The molecule has 9 heteroatoms. The first kappa shape index (κ1) is 21.0. The summed E-state index contributed by atoms with van der Waals surface area (Å²) in [5.41, 5.74) is 3.32. The van der Waals surface area contributed by atoms with Crippen LogP contribution in [-0.2, 0) is 20.7 Å². The minimum Gasteiger partial charge on any atom is -0.458 e. The number of ether oxygens (including phenoxy) is 1. The summed E-state index contributed by atoms with van der Waals surface area (Å²) < 4.78 is 5.05. The average Bonchev–Trinajstić information content (AvgIpc) is 3.05. The Balaban J connectivity index is 1.89. The van der Waals surface area contributed by atoms with E-state index in [0.29, 0.717) is 16.6 Å². The van der Waals surface area contributed by atoms with Crippen molar-refractivity contribution in [3.8, 4) is 6.07 Å². The quantitative estimate of drug-likeness (QED) is 0.376. The molecule has 142 valence electrons. The summed E-state index contributed by atoms with van der Waals surface area (Å²) in [4.78, 5) is 37.1. The number of carbonyl (C=O) groups excluding carboxylic acids is 2. The van der Waals surface area contributed by atoms with Gasteiger partial charge in [-0.1, -0.05) is 11.8 Å². The molecule has 0 aliphatic carbocycles. The van der Waals surface area contributed by atoms with Gasteiger partial charge in [0.25, 0.3) is 0 Å². The summed E-state index contributed by atoms with van der Waals surface area (Å²) in [6.07, 6.45) is 2.46. The Morgan fingerprint density at radius 1 is 1.26 bits per heavy atom. The van der Waals surface area contributed by atoms with E-state index in [0.717, 1.165) is 22.6 Å². The van der Waals surface area contributed by atoms with Gasteiger partial charge < -0.3 is 4.74 Å². The summed E-state index contributed by atoms with van der Waals surface area (Å²) in [5.74, 6) is -1.98. The maximum Gasteiger partial charge on any atom is 0.306 e. The van der Waals surface area contributed by atoms with Crippen LogP contribution < -0.4 is 0 Å². The van der Waals surface area contributed by atoms with Gasteiger partial charge in [0.05, 0.1) is 6.07 Å². The molecule has 0 saturated carbocycles. The van der Waals surface area contributed by atoms with E-state index >= 15 is 0 Å². The molecule has 0 bridgehead atoms. The van der Waals surface area contributed by atoms with E-state index in [-0.39, 0.29) is 6.42 Å². The van der Waals surface area contributed by atoms with Crippen LogP contribution in [0.15, 0.2) is 10.5 Å². The molecule has 1 atom stereocenters. The lowest BCUT2D eigenvalue weighted by atomic mass is 10.1. The minimum absolute atomic E-state index is 0.116. The van der Waals surface area contributed by atoms with Gasteiger partial charge in [0.15, 0.2) is 23.5 Å². The van der Waals surface area contributed by atoms with Crippen molar-refractivity contribution >= 4 is 34.9 Å². The predicted octanol–water partition coefficient (Wildman–Crippen LogP) is 2.93.